The normalized spacial score (nSPS) is 22.7. The molecule has 1 atom stereocenters. The Labute approximate surface area is 166 Å². The van der Waals surface area contributed by atoms with Gasteiger partial charge in [-0.25, -0.2) is 0 Å². The summed E-state index contributed by atoms with van der Waals surface area (Å²) < 4.78 is 5.37. The van der Waals surface area contributed by atoms with E-state index in [0.29, 0.717) is 31.9 Å². The fraction of sp³-hybridized carbons (Fsp3) is 0.350. The van der Waals surface area contributed by atoms with Crippen LogP contribution in [0.5, 0.6) is 0 Å². The molecular weight excluding hydrogens is 378 g/mol. The number of hydrogen-bond donors (Lipinski definition) is 1. The Morgan fingerprint density at radius 2 is 1.93 bits per heavy atom. The molecule has 2 fully saturated rings. The van der Waals surface area contributed by atoms with Crippen LogP contribution in [0.2, 0.25) is 0 Å². The second-order valence-corrected chi connectivity index (χ2v) is 7.68. The number of nitrogens with zero attached hydrogens (tertiary/aromatic N) is 3. The molecule has 4 rings (SSSR count). The number of likely N-dealkylation sites (tertiary alicyclic amines) is 1. The molecular formula is C20H21N3O4S. The summed E-state index contributed by atoms with van der Waals surface area (Å²) in [7, 11) is 0. The van der Waals surface area contributed by atoms with Gasteiger partial charge in [0.15, 0.2) is 0 Å². The number of rotatable bonds is 5. The third-order valence-electron chi connectivity index (χ3n) is 5.07. The van der Waals surface area contributed by atoms with Crippen molar-refractivity contribution in [2.45, 2.75) is 6.04 Å². The summed E-state index contributed by atoms with van der Waals surface area (Å²) in [4.78, 5) is 34.2. The van der Waals surface area contributed by atoms with E-state index < -0.39 is 17.7 Å². The topological polar surface area (TPSA) is 83.0 Å². The molecule has 0 unspecified atom stereocenters. The summed E-state index contributed by atoms with van der Waals surface area (Å²) in [6.45, 7) is 4.05. The van der Waals surface area contributed by atoms with Gasteiger partial charge in [-0.15, -0.1) is 11.3 Å². The second-order valence-electron chi connectivity index (χ2n) is 6.70. The maximum absolute atomic E-state index is 12.8. The van der Waals surface area contributed by atoms with Gasteiger partial charge >= 0.3 is 0 Å². The third kappa shape index (κ3) is 3.58. The average Bonchev–Trinajstić information content (AvgIpc) is 3.35. The molecule has 2 aliphatic rings. The number of ether oxygens (including phenoxy) is 1. The monoisotopic (exact) mass is 399 g/mol. The van der Waals surface area contributed by atoms with E-state index in [1.165, 1.54) is 11.3 Å². The number of amides is 1. The maximum atomic E-state index is 12.8. The van der Waals surface area contributed by atoms with Gasteiger partial charge in [-0.1, -0.05) is 6.07 Å². The van der Waals surface area contributed by atoms with Crippen LogP contribution in [0.4, 0.5) is 0 Å². The molecule has 4 heterocycles. The van der Waals surface area contributed by atoms with Gasteiger partial charge in [0, 0.05) is 49.0 Å². The van der Waals surface area contributed by atoms with Gasteiger partial charge in [0.25, 0.3) is 11.7 Å². The van der Waals surface area contributed by atoms with Crippen molar-refractivity contribution in [3.63, 3.8) is 0 Å². The number of morpholine rings is 1. The van der Waals surface area contributed by atoms with E-state index in [1.54, 1.807) is 29.4 Å². The van der Waals surface area contributed by atoms with E-state index >= 15 is 0 Å². The molecule has 2 aromatic rings. The average molecular weight is 399 g/mol. The van der Waals surface area contributed by atoms with Gasteiger partial charge in [-0.2, -0.15) is 0 Å². The maximum Gasteiger partial charge on any atom is 0.295 e. The molecule has 0 aliphatic carbocycles. The summed E-state index contributed by atoms with van der Waals surface area (Å²) >= 11 is 1.47. The molecule has 0 spiro atoms. The third-order valence-corrected chi connectivity index (χ3v) is 5.99. The number of hydrogen-bond acceptors (Lipinski definition) is 7. The number of carbonyl (C=O) groups excluding carboxylic acids is 2. The minimum Gasteiger partial charge on any atom is -0.507 e. The minimum atomic E-state index is -0.644. The molecule has 146 valence electrons. The van der Waals surface area contributed by atoms with E-state index in [0.717, 1.165) is 18.0 Å². The molecule has 2 aromatic heterocycles. The van der Waals surface area contributed by atoms with E-state index in [1.807, 2.05) is 17.5 Å². The van der Waals surface area contributed by atoms with Crippen LogP contribution in [-0.4, -0.2) is 71.0 Å². The molecule has 1 amide bonds. The Hall–Kier alpha value is -2.55. The summed E-state index contributed by atoms with van der Waals surface area (Å²) in [6.07, 6.45) is 3.09. The standard InChI is InChI=1S/C20H21N3O4S/c24-18(14-3-5-21-6-4-14)16-17(15-2-1-13-28-15)23(20(26)19(16)25)8-7-22-9-11-27-12-10-22/h1-6,13,17,24H,7-12H2/t17-/m0/s1. The molecule has 0 saturated carbocycles. The van der Waals surface area contributed by atoms with Crippen molar-refractivity contribution in [1.29, 1.82) is 0 Å². The summed E-state index contributed by atoms with van der Waals surface area (Å²) in [5.41, 5.74) is 0.614. The predicted octanol–water partition coefficient (Wildman–Crippen LogP) is 1.90. The fourth-order valence-corrected chi connectivity index (χ4v) is 4.44. The Balaban J connectivity index is 1.68. The van der Waals surface area contributed by atoms with Crippen molar-refractivity contribution in [2.24, 2.45) is 0 Å². The Morgan fingerprint density at radius 3 is 2.61 bits per heavy atom. The minimum absolute atomic E-state index is 0.139. The zero-order chi connectivity index (χ0) is 19.5. The van der Waals surface area contributed by atoms with Crippen molar-refractivity contribution >= 4 is 28.8 Å². The van der Waals surface area contributed by atoms with Gasteiger partial charge in [-0.3, -0.25) is 19.5 Å². The first-order valence-corrected chi connectivity index (χ1v) is 10.1. The number of Topliss-reactive ketones (excluding diaryl/α,β-unsaturated/α-hetero) is 1. The quantitative estimate of drug-likeness (QED) is 0.470. The van der Waals surface area contributed by atoms with E-state index in [2.05, 4.69) is 9.88 Å². The first-order chi connectivity index (χ1) is 13.7. The van der Waals surface area contributed by atoms with Crippen LogP contribution >= 0.6 is 11.3 Å². The molecule has 0 bridgehead atoms. The second kappa shape index (κ2) is 8.22. The molecule has 7 nitrogen and oxygen atoms in total. The van der Waals surface area contributed by atoms with E-state index in [9.17, 15) is 14.7 Å². The number of thiophene rings is 1. The lowest BCUT2D eigenvalue weighted by Gasteiger charge is -2.30. The highest BCUT2D eigenvalue weighted by Crippen LogP contribution is 2.40. The smallest absolute Gasteiger partial charge is 0.295 e. The first-order valence-electron chi connectivity index (χ1n) is 9.19. The Bertz CT molecular complexity index is 876. The van der Waals surface area contributed by atoms with E-state index in [4.69, 9.17) is 4.74 Å². The van der Waals surface area contributed by atoms with Crippen LogP contribution in [0, 0.1) is 0 Å². The van der Waals surface area contributed by atoms with Gasteiger partial charge < -0.3 is 14.7 Å². The van der Waals surface area contributed by atoms with Crippen LogP contribution < -0.4 is 0 Å². The molecule has 0 aromatic carbocycles. The van der Waals surface area contributed by atoms with Crippen LogP contribution in [0.25, 0.3) is 5.76 Å². The number of aliphatic hydroxyl groups excluding tert-OH is 1. The number of carbonyl (C=O) groups is 2. The number of ketones is 1. The lowest BCUT2D eigenvalue weighted by molar-refractivity contribution is -0.140. The van der Waals surface area contributed by atoms with Gasteiger partial charge in [0.2, 0.25) is 0 Å². The largest absolute Gasteiger partial charge is 0.507 e. The van der Waals surface area contributed by atoms with Gasteiger partial charge in [0.1, 0.15) is 5.76 Å². The highest BCUT2D eigenvalue weighted by Gasteiger charge is 2.46. The van der Waals surface area contributed by atoms with Gasteiger partial charge in [-0.05, 0) is 23.6 Å². The molecule has 1 N–H and O–H groups in total. The van der Waals surface area contributed by atoms with Crippen molar-refractivity contribution < 1.29 is 19.4 Å². The molecule has 2 aliphatic heterocycles. The van der Waals surface area contributed by atoms with Crippen LogP contribution in [0.15, 0.2) is 47.6 Å². The molecule has 28 heavy (non-hydrogen) atoms. The predicted molar refractivity (Wildman–Crippen MR) is 105 cm³/mol. The molecule has 2 saturated heterocycles. The Kier molecular flexibility index (Phi) is 5.52. The van der Waals surface area contributed by atoms with Crippen LogP contribution in [-0.2, 0) is 14.3 Å². The van der Waals surface area contributed by atoms with Crippen LogP contribution in [0.1, 0.15) is 16.5 Å². The lowest BCUT2D eigenvalue weighted by Crippen LogP contribution is -2.42. The highest BCUT2D eigenvalue weighted by molar-refractivity contribution is 7.10. The fourth-order valence-electron chi connectivity index (χ4n) is 3.59. The zero-order valence-corrected chi connectivity index (χ0v) is 16.1. The Morgan fingerprint density at radius 1 is 1.18 bits per heavy atom. The summed E-state index contributed by atoms with van der Waals surface area (Å²) in [5.74, 6) is -1.37. The highest BCUT2D eigenvalue weighted by atomic mass is 32.1. The molecule has 8 heteroatoms. The lowest BCUT2D eigenvalue weighted by atomic mass is 10.0. The SMILES string of the molecule is O=C1C(=O)N(CCN2CCOCC2)[C@@H](c2cccs2)C1=C(O)c1ccncc1. The van der Waals surface area contributed by atoms with E-state index in [-0.39, 0.29) is 11.3 Å². The van der Waals surface area contributed by atoms with Crippen molar-refractivity contribution in [2.75, 3.05) is 39.4 Å². The molecule has 0 radical (unpaired) electrons. The zero-order valence-electron chi connectivity index (χ0n) is 15.3. The van der Waals surface area contributed by atoms with Crippen molar-refractivity contribution in [3.05, 3.63) is 58.1 Å². The van der Waals surface area contributed by atoms with Gasteiger partial charge in [0.05, 0.1) is 24.8 Å². The van der Waals surface area contributed by atoms with Crippen LogP contribution in [0.3, 0.4) is 0 Å². The summed E-state index contributed by atoms with van der Waals surface area (Å²) in [6, 6.07) is 6.45. The van der Waals surface area contributed by atoms with Crippen molar-refractivity contribution in [3.8, 4) is 0 Å². The number of pyridine rings is 1. The summed E-state index contributed by atoms with van der Waals surface area (Å²) in [5, 5.41) is 12.7. The number of aliphatic hydroxyl groups is 1. The first kappa shape index (κ1) is 18.8. The number of aromatic nitrogens is 1. The van der Waals surface area contributed by atoms with Crippen molar-refractivity contribution in [1.82, 2.24) is 14.8 Å².